The first-order chi connectivity index (χ1) is 11.6. The maximum absolute atomic E-state index is 12.1. The van der Waals surface area contributed by atoms with E-state index in [-0.39, 0.29) is 5.91 Å². The van der Waals surface area contributed by atoms with Crippen LogP contribution in [0.1, 0.15) is 41.1 Å². The number of furan rings is 1. The summed E-state index contributed by atoms with van der Waals surface area (Å²) in [6, 6.07) is 8.74. The van der Waals surface area contributed by atoms with E-state index in [0.717, 1.165) is 5.76 Å². The molecule has 1 aromatic heterocycles. The Morgan fingerprint density at radius 2 is 2.00 bits per heavy atom. The lowest BCUT2D eigenvalue weighted by Gasteiger charge is -2.08. The van der Waals surface area contributed by atoms with Gasteiger partial charge in [0.15, 0.2) is 11.5 Å². The van der Waals surface area contributed by atoms with E-state index in [2.05, 4.69) is 17.5 Å². The Kier molecular flexibility index (Phi) is 4.55. The van der Waals surface area contributed by atoms with Crippen molar-refractivity contribution >= 4 is 12.1 Å². The summed E-state index contributed by atoms with van der Waals surface area (Å²) in [5.41, 5.74) is 2.90. The van der Waals surface area contributed by atoms with E-state index in [1.54, 1.807) is 25.3 Å². The Balaban J connectivity index is 1.61. The summed E-state index contributed by atoms with van der Waals surface area (Å²) in [6.45, 7) is 2.20. The molecule has 6 heteroatoms. The fraction of sp³-hybridized carbons (Fsp3) is 0.333. The average molecular weight is 328 g/mol. The summed E-state index contributed by atoms with van der Waals surface area (Å²) < 4.78 is 16.0. The summed E-state index contributed by atoms with van der Waals surface area (Å²) in [7, 11) is 3.06. The van der Waals surface area contributed by atoms with Crippen LogP contribution >= 0.6 is 0 Å². The summed E-state index contributed by atoms with van der Waals surface area (Å²) >= 11 is 0. The quantitative estimate of drug-likeness (QED) is 0.653. The van der Waals surface area contributed by atoms with Crippen LogP contribution in [-0.4, -0.2) is 26.3 Å². The second-order valence-corrected chi connectivity index (χ2v) is 5.83. The van der Waals surface area contributed by atoms with E-state index in [4.69, 9.17) is 13.9 Å². The molecule has 1 saturated carbocycles. The third kappa shape index (κ3) is 3.42. The largest absolute Gasteiger partial charge is 0.493 e. The van der Waals surface area contributed by atoms with E-state index in [1.165, 1.54) is 19.7 Å². The number of nitrogens with zero attached hydrogens (tertiary/aromatic N) is 1. The molecule has 1 N–H and O–H groups in total. The van der Waals surface area contributed by atoms with E-state index < -0.39 is 0 Å². The van der Waals surface area contributed by atoms with Gasteiger partial charge in [0.1, 0.15) is 11.5 Å². The molecular weight excluding hydrogens is 308 g/mol. The van der Waals surface area contributed by atoms with E-state index in [0.29, 0.717) is 34.7 Å². The van der Waals surface area contributed by atoms with Crippen molar-refractivity contribution in [3.8, 4) is 11.5 Å². The van der Waals surface area contributed by atoms with Crippen molar-refractivity contribution < 1.29 is 18.7 Å². The van der Waals surface area contributed by atoms with Crippen LogP contribution in [0.4, 0.5) is 0 Å². The SMILES string of the molecule is COc1ccc(C(=O)N/N=C\c2ccc([C@H]3C[C@H]3C)o2)cc1OC. The molecule has 2 atom stereocenters. The fourth-order valence-electron chi connectivity index (χ4n) is 2.55. The minimum atomic E-state index is -0.338. The number of carbonyl (C=O) groups excluding carboxylic acids is 1. The molecule has 1 heterocycles. The van der Waals surface area contributed by atoms with E-state index >= 15 is 0 Å². The summed E-state index contributed by atoms with van der Waals surface area (Å²) in [6.07, 6.45) is 2.66. The molecule has 0 bridgehead atoms. The van der Waals surface area contributed by atoms with Crippen LogP contribution in [-0.2, 0) is 0 Å². The molecular formula is C18H20N2O4. The molecule has 1 aliphatic carbocycles. The molecule has 2 aromatic rings. The van der Waals surface area contributed by atoms with Gasteiger partial charge in [0.25, 0.3) is 5.91 Å². The van der Waals surface area contributed by atoms with Crippen LogP contribution in [0.5, 0.6) is 11.5 Å². The number of nitrogens with one attached hydrogen (secondary N) is 1. The molecule has 0 radical (unpaired) electrons. The monoisotopic (exact) mass is 328 g/mol. The van der Waals surface area contributed by atoms with Gasteiger partial charge in [-0.25, -0.2) is 5.43 Å². The number of hydrazone groups is 1. The highest BCUT2D eigenvalue weighted by atomic mass is 16.5. The van der Waals surface area contributed by atoms with Crippen molar-refractivity contribution in [2.75, 3.05) is 14.2 Å². The van der Waals surface area contributed by atoms with Crippen LogP contribution in [0.2, 0.25) is 0 Å². The molecule has 3 rings (SSSR count). The fourth-order valence-corrected chi connectivity index (χ4v) is 2.55. The zero-order valence-corrected chi connectivity index (χ0v) is 13.9. The number of carbonyl (C=O) groups is 1. The first-order valence-corrected chi connectivity index (χ1v) is 7.77. The van der Waals surface area contributed by atoms with Gasteiger partial charge in [0.2, 0.25) is 0 Å². The predicted molar refractivity (Wildman–Crippen MR) is 89.8 cm³/mol. The van der Waals surface area contributed by atoms with Crippen molar-refractivity contribution in [2.24, 2.45) is 11.0 Å². The molecule has 0 aliphatic heterocycles. The zero-order chi connectivity index (χ0) is 17.1. The number of benzene rings is 1. The Hall–Kier alpha value is -2.76. The number of hydrogen-bond acceptors (Lipinski definition) is 5. The second-order valence-electron chi connectivity index (χ2n) is 5.83. The standard InChI is InChI=1S/C18H20N2O4/c1-11-8-14(11)15-7-5-13(24-15)10-19-20-18(21)12-4-6-16(22-2)17(9-12)23-3/h4-7,9-11,14H,8H2,1-3H3,(H,20,21)/b19-10-/t11-,14+/m1/s1. The van der Waals surface area contributed by atoms with Crippen molar-refractivity contribution in [3.63, 3.8) is 0 Å². The highest BCUT2D eigenvalue weighted by Crippen LogP contribution is 2.47. The predicted octanol–water partition coefficient (Wildman–Crippen LogP) is 3.18. The van der Waals surface area contributed by atoms with Crippen LogP contribution < -0.4 is 14.9 Å². The molecule has 1 fully saturated rings. The van der Waals surface area contributed by atoms with E-state index in [9.17, 15) is 4.79 Å². The molecule has 0 saturated heterocycles. The topological polar surface area (TPSA) is 73.1 Å². The van der Waals surface area contributed by atoms with Gasteiger partial charge in [-0.1, -0.05) is 6.92 Å². The molecule has 24 heavy (non-hydrogen) atoms. The minimum absolute atomic E-state index is 0.338. The van der Waals surface area contributed by atoms with Gasteiger partial charge < -0.3 is 13.9 Å². The van der Waals surface area contributed by atoms with Crippen LogP contribution in [0.15, 0.2) is 39.9 Å². The van der Waals surface area contributed by atoms with Gasteiger partial charge in [-0.2, -0.15) is 5.10 Å². The number of ether oxygens (including phenoxy) is 2. The molecule has 1 amide bonds. The average Bonchev–Trinajstić information content (AvgIpc) is 3.15. The zero-order valence-electron chi connectivity index (χ0n) is 13.9. The van der Waals surface area contributed by atoms with Gasteiger partial charge in [-0.15, -0.1) is 0 Å². The first-order valence-electron chi connectivity index (χ1n) is 7.77. The molecule has 1 aromatic carbocycles. The van der Waals surface area contributed by atoms with Gasteiger partial charge in [-0.05, 0) is 42.7 Å². The Morgan fingerprint density at radius 1 is 1.25 bits per heavy atom. The number of hydrogen-bond donors (Lipinski definition) is 1. The molecule has 1 aliphatic rings. The van der Waals surface area contributed by atoms with Crippen LogP contribution in [0.3, 0.4) is 0 Å². The van der Waals surface area contributed by atoms with Gasteiger partial charge >= 0.3 is 0 Å². The second kappa shape index (κ2) is 6.78. The maximum Gasteiger partial charge on any atom is 0.271 e. The van der Waals surface area contributed by atoms with Gasteiger partial charge in [0.05, 0.1) is 20.4 Å². The van der Waals surface area contributed by atoms with Crippen molar-refractivity contribution in [1.29, 1.82) is 0 Å². The maximum atomic E-state index is 12.1. The van der Waals surface area contributed by atoms with Gasteiger partial charge in [-0.3, -0.25) is 4.79 Å². The molecule has 0 unspecified atom stereocenters. The van der Waals surface area contributed by atoms with E-state index in [1.807, 2.05) is 12.1 Å². The van der Waals surface area contributed by atoms with Gasteiger partial charge in [0, 0.05) is 11.5 Å². The van der Waals surface area contributed by atoms with Crippen molar-refractivity contribution in [1.82, 2.24) is 5.43 Å². The summed E-state index contributed by atoms with van der Waals surface area (Å²) in [4.78, 5) is 12.1. The smallest absolute Gasteiger partial charge is 0.271 e. The summed E-state index contributed by atoms with van der Waals surface area (Å²) in [5.74, 6) is 3.53. The highest BCUT2D eigenvalue weighted by Gasteiger charge is 2.36. The van der Waals surface area contributed by atoms with Crippen molar-refractivity contribution in [3.05, 3.63) is 47.4 Å². The summed E-state index contributed by atoms with van der Waals surface area (Å²) in [5, 5.41) is 3.94. The lowest BCUT2D eigenvalue weighted by atomic mass is 10.2. The number of methoxy groups -OCH3 is 2. The molecule has 0 spiro atoms. The minimum Gasteiger partial charge on any atom is -0.493 e. The Labute approximate surface area is 140 Å². The third-order valence-electron chi connectivity index (χ3n) is 4.13. The number of amides is 1. The molecule has 6 nitrogen and oxygen atoms in total. The first kappa shape index (κ1) is 16.1. The Bertz CT molecular complexity index is 766. The van der Waals surface area contributed by atoms with Crippen LogP contribution in [0, 0.1) is 5.92 Å². The lowest BCUT2D eigenvalue weighted by molar-refractivity contribution is 0.0954. The van der Waals surface area contributed by atoms with Crippen LogP contribution in [0.25, 0.3) is 0 Å². The lowest BCUT2D eigenvalue weighted by Crippen LogP contribution is -2.17. The normalized spacial score (nSPS) is 19.3. The Morgan fingerprint density at radius 3 is 2.67 bits per heavy atom. The third-order valence-corrected chi connectivity index (χ3v) is 4.13. The van der Waals surface area contributed by atoms with Crippen molar-refractivity contribution in [2.45, 2.75) is 19.3 Å². The molecule has 126 valence electrons. The number of rotatable bonds is 6. The highest BCUT2D eigenvalue weighted by molar-refractivity contribution is 5.95.